The zero-order valence-corrected chi connectivity index (χ0v) is 10.1. The molecule has 0 amide bonds. The van der Waals surface area contributed by atoms with Gasteiger partial charge in [-0.1, -0.05) is 24.3 Å². The van der Waals surface area contributed by atoms with Gasteiger partial charge < -0.3 is 20.0 Å². The van der Waals surface area contributed by atoms with Gasteiger partial charge in [0.15, 0.2) is 0 Å². The predicted octanol–water partition coefficient (Wildman–Crippen LogP) is -0.646. The van der Waals surface area contributed by atoms with Gasteiger partial charge in [-0.2, -0.15) is 0 Å². The number of phosphoric ester groups is 1. The van der Waals surface area contributed by atoms with Gasteiger partial charge >= 0.3 is 59.2 Å². The second-order valence-electron chi connectivity index (χ2n) is 3.58. The van der Waals surface area contributed by atoms with E-state index in [4.69, 9.17) is 9.79 Å². The monoisotopic (exact) mass is 316 g/mol. The number of aliphatic hydroxyl groups is 2. The van der Waals surface area contributed by atoms with E-state index in [0.717, 1.165) is 0 Å². The fraction of sp³-hybridized carbons (Fsp3) is 0.300. The van der Waals surface area contributed by atoms with Crippen LogP contribution in [0.15, 0.2) is 24.3 Å². The Labute approximate surface area is 152 Å². The molecule has 0 fully saturated rings. The van der Waals surface area contributed by atoms with Gasteiger partial charge in [0.1, 0.15) is 18.5 Å². The van der Waals surface area contributed by atoms with Crippen molar-refractivity contribution in [2.75, 3.05) is 6.61 Å². The molecule has 0 aliphatic rings. The third-order valence-electron chi connectivity index (χ3n) is 2.19. The molecule has 0 bridgehead atoms. The molecule has 0 radical (unpaired) electrons. The second-order valence-corrected chi connectivity index (χ2v) is 4.82. The zero-order valence-electron chi connectivity index (χ0n) is 9.21. The van der Waals surface area contributed by atoms with Crippen molar-refractivity contribution < 1.29 is 33.9 Å². The Kier molecular flexibility index (Phi) is 9.01. The van der Waals surface area contributed by atoms with Crippen molar-refractivity contribution in [1.82, 2.24) is 0 Å². The van der Waals surface area contributed by atoms with E-state index < -0.39 is 26.6 Å². The van der Waals surface area contributed by atoms with Gasteiger partial charge in [0.2, 0.25) is 0 Å². The molecule has 0 saturated heterocycles. The summed E-state index contributed by atoms with van der Waals surface area (Å²) < 4.78 is 14.5. The van der Waals surface area contributed by atoms with Gasteiger partial charge in [-0.25, -0.2) is 4.57 Å². The van der Waals surface area contributed by atoms with Crippen LogP contribution in [0.5, 0.6) is 0 Å². The van der Waals surface area contributed by atoms with E-state index in [2.05, 4.69) is 4.52 Å². The van der Waals surface area contributed by atoms with Gasteiger partial charge in [-0.3, -0.25) is 9.32 Å². The summed E-state index contributed by atoms with van der Waals surface area (Å²) in [5.41, 5.74) is 0.717. The maximum atomic E-state index is 10.4. The van der Waals surface area contributed by atoms with Crippen molar-refractivity contribution in [3.05, 3.63) is 35.4 Å². The first kappa shape index (κ1) is 19.6. The molecule has 7 nitrogen and oxygen atoms in total. The van der Waals surface area contributed by atoms with Crippen molar-refractivity contribution >= 4 is 65.5 Å². The first-order chi connectivity index (χ1) is 8.33. The van der Waals surface area contributed by atoms with Crippen LogP contribution in [0.25, 0.3) is 0 Å². The number of hydrogen-bond donors (Lipinski definition) is 4. The molecule has 0 aromatic heterocycles. The molecule has 19 heavy (non-hydrogen) atoms. The molecule has 9 heteroatoms. The van der Waals surface area contributed by atoms with Crippen LogP contribution >= 0.6 is 7.82 Å². The molecule has 4 N–H and O–H groups in total. The Hall–Kier alpha value is 0.556. The van der Waals surface area contributed by atoms with Crippen LogP contribution in [0.4, 0.5) is 0 Å². The molecular weight excluding hydrogens is 302 g/mol. The number of aldehydes is 1. The number of carbonyl (C=O) groups is 1. The minimum atomic E-state index is -4.68. The van der Waals surface area contributed by atoms with Crippen molar-refractivity contribution in [2.45, 2.75) is 12.2 Å². The molecule has 2 unspecified atom stereocenters. The second kappa shape index (κ2) is 8.76. The molecule has 102 valence electrons. The number of hydrogen-bond acceptors (Lipinski definition) is 5. The number of phosphoric acid groups is 1. The summed E-state index contributed by atoms with van der Waals surface area (Å²) in [6.45, 7) is -0.707. The molecule has 0 aliphatic carbocycles. The van der Waals surface area contributed by atoms with Crippen molar-refractivity contribution in [3.8, 4) is 0 Å². The van der Waals surface area contributed by atoms with Crippen LogP contribution in [-0.2, 0) is 9.09 Å². The first-order valence-electron chi connectivity index (χ1n) is 4.95. The summed E-state index contributed by atoms with van der Waals surface area (Å²) in [6, 6.07) is 5.74. The first-order valence-corrected chi connectivity index (χ1v) is 6.48. The third-order valence-corrected chi connectivity index (χ3v) is 2.68. The van der Waals surface area contributed by atoms with E-state index in [1.165, 1.54) is 24.3 Å². The molecule has 0 saturated carbocycles. The summed E-state index contributed by atoms with van der Waals surface area (Å²) in [4.78, 5) is 27.3. The Morgan fingerprint density at radius 3 is 2.16 bits per heavy atom. The van der Waals surface area contributed by atoms with Crippen LogP contribution < -0.4 is 0 Å². The van der Waals surface area contributed by atoms with Crippen molar-refractivity contribution in [2.24, 2.45) is 0 Å². The van der Waals surface area contributed by atoms with Crippen LogP contribution in [-0.4, -0.2) is 90.4 Å². The minimum absolute atomic E-state index is 0. The van der Waals surface area contributed by atoms with Crippen LogP contribution in [0.3, 0.4) is 0 Å². The Morgan fingerprint density at radius 1 is 1.21 bits per heavy atom. The third kappa shape index (κ3) is 7.21. The van der Waals surface area contributed by atoms with E-state index in [-0.39, 0.29) is 51.4 Å². The molecule has 0 heterocycles. The van der Waals surface area contributed by atoms with Gasteiger partial charge in [0.05, 0.1) is 6.61 Å². The van der Waals surface area contributed by atoms with Crippen LogP contribution in [0, 0.1) is 0 Å². The Bertz CT molecular complexity index is 444. The van der Waals surface area contributed by atoms with E-state index in [1.807, 2.05) is 0 Å². The van der Waals surface area contributed by atoms with Crippen molar-refractivity contribution in [1.29, 1.82) is 0 Å². The average Bonchev–Trinajstić information content (AvgIpc) is 2.34. The summed E-state index contributed by atoms with van der Waals surface area (Å²) >= 11 is 0. The summed E-state index contributed by atoms with van der Waals surface area (Å²) in [7, 11) is -4.68. The van der Waals surface area contributed by atoms with Gasteiger partial charge in [0.25, 0.3) is 0 Å². The average molecular weight is 316 g/mol. The molecule has 0 aliphatic heterocycles. The molecule has 1 aromatic carbocycles. The fourth-order valence-electron chi connectivity index (χ4n) is 1.26. The molecule has 1 rings (SSSR count). The number of rotatable bonds is 6. The Morgan fingerprint density at radius 2 is 1.74 bits per heavy atom. The maximum absolute atomic E-state index is 10.4. The summed E-state index contributed by atoms with van der Waals surface area (Å²) in [6.07, 6.45) is -2.22. The van der Waals surface area contributed by atoms with E-state index in [0.29, 0.717) is 17.4 Å². The van der Waals surface area contributed by atoms with E-state index >= 15 is 0 Å². The van der Waals surface area contributed by atoms with Crippen LogP contribution in [0.2, 0.25) is 0 Å². The standard InChI is InChI=1S/C10H13O7P.K.H/c11-5-7-1-3-8(4-2-7)10(13)9(12)6-17-18(14,15)16;;/h1-5,9-10,12-13H,6H2,(H2,14,15,16);;. The normalized spacial score (nSPS) is 14.3. The van der Waals surface area contributed by atoms with E-state index in [9.17, 15) is 19.6 Å². The topological polar surface area (TPSA) is 124 Å². The molecule has 0 spiro atoms. The summed E-state index contributed by atoms with van der Waals surface area (Å²) in [5.74, 6) is 0. The Balaban J connectivity index is 0.00000324. The number of benzene rings is 1. The van der Waals surface area contributed by atoms with Gasteiger partial charge in [-0.05, 0) is 5.56 Å². The quantitative estimate of drug-likeness (QED) is 0.312. The summed E-state index contributed by atoms with van der Waals surface area (Å²) in [5, 5.41) is 19.2. The molecule has 2 atom stereocenters. The molecular formula is C10H14KO7P. The molecule has 1 aromatic rings. The number of carbonyl (C=O) groups excluding carboxylic acids is 1. The fourth-order valence-corrected chi connectivity index (χ4v) is 1.61. The van der Waals surface area contributed by atoms with Gasteiger partial charge in [0, 0.05) is 5.56 Å². The van der Waals surface area contributed by atoms with Crippen LogP contribution in [0.1, 0.15) is 22.0 Å². The predicted molar refractivity (Wildman–Crippen MR) is 67.9 cm³/mol. The number of aliphatic hydroxyl groups excluding tert-OH is 2. The SMILES string of the molecule is O=Cc1ccc(C(O)C(O)COP(=O)(O)O)cc1.[KH]. The van der Waals surface area contributed by atoms with E-state index in [1.54, 1.807) is 0 Å². The van der Waals surface area contributed by atoms with Crippen molar-refractivity contribution in [3.63, 3.8) is 0 Å². The zero-order chi connectivity index (χ0) is 13.8. The van der Waals surface area contributed by atoms with Gasteiger partial charge in [-0.15, -0.1) is 0 Å².